The predicted molar refractivity (Wildman–Crippen MR) is 104 cm³/mol. The predicted octanol–water partition coefficient (Wildman–Crippen LogP) is 4.84. The van der Waals surface area contributed by atoms with Crippen LogP contribution in [0.2, 0.25) is 0 Å². The van der Waals surface area contributed by atoms with Crippen molar-refractivity contribution in [3.05, 3.63) is 22.2 Å². The van der Waals surface area contributed by atoms with Gasteiger partial charge in [0.1, 0.15) is 5.60 Å². The van der Waals surface area contributed by atoms with Gasteiger partial charge < -0.3 is 21.1 Å². The third-order valence-corrected chi connectivity index (χ3v) is 3.91. The first kappa shape index (κ1) is 20.6. The van der Waals surface area contributed by atoms with E-state index in [1.807, 2.05) is 33.8 Å². The van der Waals surface area contributed by atoms with Gasteiger partial charge in [-0.3, -0.25) is 0 Å². The van der Waals surface area contributed by atoms with Crippen LogP contribution in [0, 0.1) is 6.92 Å². The zero-order valence-corrected chi connectivity index (χ0v) is 16.9. The van der Waals surface area contributed by atoms with Crippen molar-refractivity contribution in [2.45, 2.75) is 65.5 Å². The fourth-order valence-corrected chi connectivity index (χ4v) is 2.95. The number of halogens is 1. The molecule has 1 aromatic carbocycles. The Hall–Kier alpha value is -1.43. The number of anilines is 2. The monoisotopic (exact) mass is 399 g/mol. The summed E-state index contributed by atoms with van der Waals surface area (Å²) in [6.45, 7) is 10.4. The summed E-state index contributed by atoms with van der Waals surface area (Å²) in [6, 6.07) is 4.27. The molecule has 0 bridgehead atoms. The molecule has 1 atom stereocenters. The molecule has 0 aliphatic carbocycles. The van der Waals surface area contributed by atoms with E-state index in [0.29, 0.717) is 12.6 Å². The highest BCUT2D eigenvalue weighted by atomic mass is 79.9. The molecule has 0 aliphatic heterocycles. The molecule has 0 radical (unpaired) electrons. The molecule has 0 heterocycles. The number of carbonyl (C=O) groups excluding carboxylic acids is 1. The number of nitrogen functional groups attached to an aromatic ring is 1. The van der Waals surface area contributed by atoms with Crippen molar-refractivity contribution in [3.8, 4) is 0 Å². The lowest BCUT2D eigenvalue weighted by molar-refractivity contribution is 0.0527. The normalized spacial score (nSPS) is 12.6. The highest BCUT2D eigenvalue weighted by molar-refractivity contribution is 9.10. The summed E-state index contributed by atoms with van der Waals surface area (Å²) in [5, 5.41) is 6.26. The molecule has 5 nitrogen and oxygen atoms in total. The van der Waals surface area contributed by atoms with E-state index in [4.69, 9.17) is 10.5 Å². The zero-order chi connectivity index (χ0) is 18.3. The lowest BCUT2D eigenvalue weighted by Gasteiger charge is -2.20. The summed E-state index contributed by atoms with van der Waals surface area (Å²) < 4.78 is 6.19. The molecular formula is C18H30BrN3O2. The molecule has 0 fully saturated rings. The molecule has 0 spiro atoms. The topological polar surface area (TPSA) is 76.4 Å². The van der Waals surface area contributed by atoms with Crippen LogP contribution in [0.25, 0.3) is 0 Å². The summed E-state index contributed by atoms with van der Waals surface area (Å²) >= 11 is 3.45. The molecule has 1 amide bonds. The van der Waals surface area contributed by atoms with Gasteiger partial charge in [0, 0.05) is 17.1 Å². The van der Waals surface area contributed by atoms with Gasteiger partial charge in [0.05, 0.1) is 11.4 Å². The number of benzene rings is 1. The smallest absolute Gasteiger partial charge is 0.407 e. The first-order chi connectivity index (χ1) is 11.1. The lowest BCUT2D eigenvalue weighted by Crippen LogP contribution is -2.33. The van der Waals surface area contributed by atoms with E-state index in [2.05, 4.69) is 39.6 Å². The number of ether oxygens (including phenoxy) is 1. The number of rotatable bonds is 7. The Morgan fingerprint density at radius 2 is 2.00 bits per heavy atom. The van der Waals surface area contributed by atoms with E-state index in [9.17, 15) is 4.79 Å². The molecule has 6 heteroatoms. The average molecular weight is 400 g/mol. The number of unbranched alkanes of at least 4 members (excludes halogenated alkanes) is 1. The van der Waals surface area contributed by atoms with Crippen LogP contribution in [0.1, 0.15) is 52.5 Å². The molecule has 136 valence electrons. The largest absolute Gasteiger partial charge is 0.444 e. The van der Waals surface area contributed by atoms with Gasteiger partial charge in [-0.2, -0.15) is 0 Å². The Morgan fingerprint density at radius 1 is 1.33 bits per heavy atom. The molecule has 0 saturated carbocycles. The van der Waals surface area contributed by atoms with Crippen LogP contribution in [0.4, 0.5) is 16.2 Å². The van der Waals surface area contributed by atoms with Gasteiger partial charge in [0.15, 0.2) is 0 Å². The van der Waals surface area contributed by atoms with Gasteiger partial charge in [0.2, 0.25) is 0 Å². The summed E-state index contributed by atoms with van der Waals surface area (Å²) in [4.78, 5) is 11.5. The van der Waals surface area contributed by atoms with Crippen molar-refractivity contribution >= 4 is 33.4 Å². The minimum absolute atomic E-state index is 0.314. The number of amides is 1. The fraction of sp³-hybridized carbons (Fsp3) is 0.611. The number of hydrogen-bond acceptors (Lipinski definition) is 4. The fourth-order valence-electron chi connectivity index (χ4n) is 2.36. The van der Waals surface area contributed by atoms with Crippen molar-refractivity contribution < 1.29 is 9.53 Å². The zero-order valence-electron chi connectivity index (χ0n) is 15.3. The molecule has 0 aromatic heterocycles. The standard InChI is InChI=1S/C18H30BrN3O2/c1-12-10-14(19)11-15(20)16(12)22-13(2)8-6-7-9-21-17(23)24-18(3,4)5/h10-11,13,22H,6-9,20H2,1-5H3,(H,21,23)/t13-/m0/s1. The molecule has 24 heavy (non-hydrogen) atoms. The molecule has 1 aromatic rings. The number of nitrogens with one attached hydrogen (secondary N) is 2. The molecule has 1 rings (SSSR count). The summed E-state index contributed by atoms with van der Waals surface area (Å²) in [5.41, 5.74) is 8.50. The maximum atomic E-state index is 11.5. The van der Waals surface area contributed by atoms with E-state index in [1.165, 1.54) is 0 Å². The number of nitrogens with two attached hydrogens (primary N) is 1. The first-order valence-corrected chi connectivity index (χ1v) is 9.17. The number of aryl methyl sites for hydroxylation is 1. The van der Waals surface area contributed by atoms with Gasteiger partial charge in [-0.05, 0) is 71.6 Å². The molecule has 0 unspecified atom stereocenters. The van der Waals surface area contributed by atoms with Gasteiger partial charge >= 0.3 is 6.09 Å². The SMILES string of the molecule is Cc1cc(Br)cc(N)c1N[C@@H](C)CCCCNC(=O)OC(C)(C)C. The van der Waals surface area contributed by atoms with Gasteiger partial charge in [0.25, 0.3) is 0 Å². The van der Waals surface area contributed by atoms with Crippen molar-refractivity contribution in [1.29, 1.82) is 0 Å². The second-order valence-corrected chi connectivity index (χ2v) is 8.07. The second kappa shape index (κ2) is 9.16. The summed E-state index contributed by atoms with van der Waals surface area (Å²) in [5.74, 6) is 0. The first-order valence-electron chi connectivity index (χ1n) is 8.37. The lowest BCUT2D eigenvalue weighted by atomic mass is 10.1. The maximum absolute atomic E-state index is 11.5. The van der Waals surface area contributed by atoms with E-state index in [0.717, 1.165) is 40.7 Å². The quantitative estimate of drug-likeness (QED) is 0.452. The number of carbonyl (C=O) groups is 1. The molecule has 0 saturated heterocycles. The highest BCUT2D eigenvalue weighted by Gasteiger charge is 2.15. The Bertz CT molecular complexity index is 533. The van der Waals surface area contributed by atoms with E-state index < -0.39 is 5.60 Å². The third-order valence-electron chi connectivity index (χ3n) is 3.45. The summed E-state index contributed by atoms with van der Waals surface area (Å²) in [7, 11) is 0. The second-order valence-electron chi connectivity index (χ2n) is 7.16. The van der Waals surface area contributed by atoms with Crippen LogP contribution in [0.5, 0.6) is 0 Å². The van der Waals surface area contributed by atoms with Crippen molar-refractivity contribution in [2.24, 2.45) is 0 Å². The molecular weight excluding hydrogens is 370 g/mol. The van der Waals surface area contributed by atoms with Crippen LogP contribution >= 0.6 is 15.9 Å². The van der Waals surface area contributed by atoms with Gasteiger partial charge in [-0.15, -0.1) is 0 Å². The van der Waals surface area contributed by atoms with Crippen LogP contribution in [0.15, 0.2) is 16.6 Å². The Balaban J connectivity index is 2.28. The van der Waals surface area contributed by atoms with E-state index >= 15 is 0 Å². The van der Waals surface area contributed by atoms with Gasteiger partial charge in [-0.1, -0.05) is 15.9 Å². The van der Waals surface area contributed by atoms with Crippen LogP contribution in [0.3, 0.4) is 0 Å². The van der Waals surface area contributed by atoms with Crippen LogP contribution in [-0.4, -0.2) is 24.3 Å². The van der Waals surface area contributed by atoms with E-state index in [1.54, 1.807) is 0 Å². The molecule has 0 aliphatic rings. The number of alkyl carbamates (subject to hydrolysis) is 1. The van der Waals surface area contributed by atoms with Crippen LogP contribution < -0.4 is 16.4 Å². The van der Waals surface area contributed by atoms with Crippen molar-refractivity contribution in [2.75, 3.05) is 17.6 Å². The third kappa shape index (κ3) is 7.90. The van der Waals surface area contributed by atoms with Crippen LogP contribution in [-0.2, 0) is 4.74 Å². The van der Waals surface area contributed by atoms with Crippen molar-refractivity contribution in [3.63, 3.8) is 0 Å². The Morgan fingerprint density at radius 3 is 2.58 bits per heavy atom. The minimum Gasteiger partial charge on any atom is -0.444 e. The Labute approximate surface area is 153 Å². The minimum atomic E-state index is -0.453. The maximum Gasteiger partial charge on any atom is 0.407 e. The Kier molecular flexibility index (Phi) is 7.87. The summed E-state index contributed by atoms with van der Waals surface area (Å²) in [6.07, 6.45) is 2.58. The number of hydrogen-bond donors (Lipinski definition) is 3. The molecule has 4 N–H and O–H groups in total. The average Bonchev–Trinajstić information content (AvgIpc) is 2.40. The van der Waals surface area contributed by atoms with Gasteiger partial charge in [-0.25, -0.2) is 4.79 Å². The highest BCUT2D eigenvalue weighted by Crippen LogP contribution is 2.28. The van der Waals surface area contributed by atoms with Crippen molar-refractivity contribution in [1.82, 2.24) is 5.32 Å². The van der Waals surface area contributed by atoms with E-state index in [-0.39, 0.29) is 6.09 Å².